The highest BCUT2D eigenvalue weighted by molar-refractivity contribution is 5.93. The molecule has 19 heavy (non-hydrogen) atoms. The van der Waals surface area contributed by atoms with E-state index in [0.717, 1.165) is 16.8 Å². The smallest absolute Gasteiger partial charge is 0.248 e. The number of carbonyl (C=O) groups excluding carboxylic acids is 1. The summed E-state index contributed by atoms with van der Waals surface area (Å²) in [4.78, 5) is 15.5. The highest BCUT2D eigenvalue weighted by atomic mass is 16.1. The number of primary amides is 1. The third-order valence-corrected chi connectivity index (χ3v) is 3.26. The molecule has 0 aliphatic heterocycles. The third-order valence-electron chi connectivity index (χ3n) is 3.26. The molecule has 0 fully saturated rings. The predicted octanol–water partition coefficient (Wildman–Crippen LogP) is 3.28. The summed E-state index contributed by atoms with van der Waals surface area (Å²) in [5.74, 6) is 0.0362. The number of aromatic nitrogens is 1. The minimum atomic E-state index is -0.405. The fourth-order valence-electron chi connectivity index (χ4n) is 1.97. The van der Waals surface area contributed by atoms with Crippen molar-refractivity contribution in [1.29, 1.82) is 0 Å². The van der Waals surface area contributed by atoms with Crippen LogP contribution in [0.1, 0.15) is 41.4 Å². The first-order chi connectivity index (χ1) is 8.99. The van der Waals surface area contributed by atoms with Gasteiger partial charge in [0.25, 0.3) is 0 Å². The van der Waals surface area contributed by atoms with Crippen molar-refractivity contribution < 1.29 is 4.79 Å². The van der Waals surface area contributed by atoms with Crippen molar-refractivity contribution in [3.8, 4) is 11.1 Å². The average Bonchev–Trinajstić information content (AvgIpc) is 2.39. The first kappa shape index (κ1) is 13.3. The molecule has 0 aliphatic rings. The molecule has 0 aliphatic carbocycles. The number of hydrogen-bond donors (Lipinski definition) is 1. The van der Waals surface area contributed by atoms with Crippen molar-refractivity contribution in [3.05, 3.63) is 53.3 Å². The van der Waals surface area contributed by atoms with Crippen molar-refractivity contribution in [3.63, 3.8) is 0 Å². The zero-order chi connectivity index (χ0) is 14.0. The van der Waals surface area contributed by atoms with Gasteiger partial charge in [0.15, 0.2) is 0 Å². The maximum Gasteiger partial charge on any atom is 0.248 e. The van der Waals surface area contributed by atoms with E-state index in [1.165, 1.54) is 5.56 Å². The number of rotatable bonds is 3. The Kier molecular flexibility index (Phi) is 3.65. The van der Waals surface area contributed by atoms with Crippen molar-refractivity contribution in [2.45, 2.75) is 26.7 Å². The topological polar surface area (TPSA) is 56.0 Å². The van der Waals surface area contributed by atoms with Gasteiger partial charge in [-0.1, -0.05) is 26.0 Å². The summed E-state index contributed by atoms with van der Waals surface area (Å²) in [6.45, 7) is 6.28. The van der Waals surface area contributed by atoms with Gasteiger partial charge in [-0.25, -0.2) is 0 Å². The lowest BCUT2D eigenvalue weighted by molar-refractivity contribution is 0.100. The van der Waals surface area contributed by atoms with Gasteiger partial charge in [-0.3, -0.25) is 9.78 Å². The van der Waals surface area contributed by atoms with E-state index in [4.69, 9.17) is 5.73 Å². The number of nitrogens with two attached hydrogens (primary N) is 1. The average molecular weight is 254 g/mol. The van der Waals surface area contributed by atoms with E-state index < -0.39 is 5.91 Å². The fraction of sp³-hybridized carbons (Fsp3) is 0.250. The summed E-state index contributed by atoms with van der Waals surface area (Å²) in [7, 11) is 0. The second-order valence-electron chi connectivity index (χ2n) is 5.00. The Balaban J connectivity index is 2.45. The fourth-order valence-corrected chi connectivity index (χ4v) is 1.97. The van der Waals surface area contributed by atoms with Crippen LogP contribution in [0.15, 0.2) is 36.5 Å². The molecule has 98 valence electrons. The summed E-state index contributed by atoms with van der Waals surface area (Å²) in [6, 6.07) is 9.48. The molecule has 3 heteroatoms. The van der Waals surface area contributed by atoms with Crippen LogP contribution in [0.3, 0.4) is 0 Å². The number of benzene rings is 1. The highest BCUT2D eigenvalue weighted by Gasteiger charge is 2.08. The first-order valence-electron chi connectivity index (χ1n) is 6.36. The molecule has 3 nitrogen and oxygen atoms in total. The normalized spacial score (nSPS) is 10.7. The van der Waals surface area contributed by atoms with E-state index in [2.05, 4.69) is 24.9 Å². The minimum absolute atomic E-state index is 0.405. The van der Waals surface area contributed by atoms with Crippen LogP contribution >= 0.6 is 0 Å². The Morgan fingerprint density at radius 2 is 1.84 bits per heavy atom. The van der Waals surface area contributed by atoms with Crippen LogP contribution in [-0.4, -0.2) is 10.9 Å². The van der Waals surface area contributed by atoms with Crippen LogP contribution < -0.4 is 5.73 Å². The zero-order valence-corrected chi connectivity index (χ0v) is 11.5. The van der Waals surface area contributed by atoms with Crippen LogP contribution in [0.4, 0.5) is 0 Å². The monoisotopic (exact) mass is 254 g/mol. The van der Waals surface area contributed by atoms with Crippen LogP contribution in [0, 0.1) is 6.92 Å². The summed E-state index contributed by atoms with van der Waals surface area (Å²) in [6.07, 6.45) is 1.92. The van der Waals surface area contributed by atoms with Gasteiger partial charge in [-0.15, -0.1) is 0 Å². The summed E-state index contributed by atoms with van der Waals surface area (Å²) in [5.41, 5.74) is 10.1. The van der Waals surface area contributed by atoms with Gasteiger partial charge in [-0.2, -0.15) is 0 Å². The molecule has 0 saturated carbocycles. The summed E-state index contributed by atoms with van der Waals surface area (Å²) in [5, 5.41) is 0. The number of carbonyl (C=O) groups is 1. The van der Waals surface area contributed by atoms with Gasteiger partial charge in [0.05, 0.1) is 0 Å². The molecule has 1 heterocycles. The van der Waals surface area contributed by atoms with Gasteiger partial charge >= 0.3 is 0 Å². The lowest BCUT2D eigenvalue weighted by atomic mass is 9.97. The second kappa shape index (κ2) is 5.22. The molecule has 2 N–H and O–H groups in total. The predicted molar refractivity (Wildman–Crippen MR) is 77.0 cm³/mol. The third kappa shape index (κ3) is 2.81. The van der Waals surface area contributed by atoms with Crippen LogP contribution in [0.25, 0.3) is 11.1 Å². The number of nitrogens with zero attached hydrogens (tertiary/aromatic N) is 1. The van der Waals surface area contributed by atoms with Crippen LogP contribution in [-0.2, 0) is 0 Å². The van der Waals surface area contributed by atoms with Gasteiger partial charge in [0.1, 0.15) is 0 Å². The largest absolute Gasteiger partial charge is 0.366 e. The molecule has 1 amide bonds. The molecule has 0 bridgehead atoms. The molecule has 1 aromatic heterocycles. The number of aryl methyl sites for hydroxylation is 1. The molecule has 0 saturated heterocycles. The van der Waals surface area contributed by atoms with Crippen molar-refractivity contribution in [2.75, 3.05) is 0 Å². The van der Waals surface area contributed by atoms with Crippen molar-refractivity contribution in [2.24, 2.45) is 5.73 Å². The number of amides is 1. The quantitative estimate of drug-likeness (QED) is 0.913. The Morgan fingerprint density at radius 3 is 2.37 bits per heavy atom. The Labute approximate surface area is 113 Å². The molecular formula is C16H18N2O. The highest BCUT2D eigenvalue weighted by Crippen LogP contribution is 2.26. The van der Waals surface area contributed by atoms with E-state index in [1.807, 2.05) is 25.3 Å². The summed E-state index contributed by atoms with van der Waals surface area (Å²) < 4.78 is 0. The standard InChI is InChI=1S/C16H18N2O/c1-10(2)14-8-15(11(3)18-9-14)12-4-6-13(7-5-12)16(17)19/h4-10H,1-3H3,(H2,17,19). The SMILES string of the molecule is Cc1ncc(C(C)C)cc1-c1ccc(C(N)=O)cc1. The van der Waals surface area contributed by atoms with Gasteiger partial charge < -0.3 is 5.73 Å². The van der Waals surface area contributed by atoms with Crippen molar-refractivity contribution in [1.82, 2.24) is 4.98 Å². The van der Waals surface area contributed by atoms with Gasteiger partial charge in [-0.05, 0) is 42.2 Å². The maximum atomic E-state index is 11.1. The Bertz CT molecular complexity index is 601. The Hall–Kier alpha value is -2.16. The molecule has 2 rings (SSSR count). The van der Waals surface area contributed by atoms with Crippen LogP contribution in [0.2, 0.25) is 0 Å². The van der Waals surface area contributed by atoms with Gasteiger partial charge in [0.2, 0.25) is 5.91 Å². The van der Waals surface area contributed by atoms with E-state index in [1.54, 1.807) is 12.1 Å². The lowest BCUT2D eigenvalue weighted by Crippen LogP contribution is -2.10. The Morgan fingerprint density at radius 1 is 1.21 bits per heavy atom. The second-order valence-corrected chi connectivity index (χ2v) is 5.00. The van der Waals surface area contributed by atoms with Gasteiger partial charge in [0, 0.05) is 23.0 Å². The molecule has 2 aromatic rings. The zero-order valence-electron chi connectivity index (χ0n) is 11.5. The van der Waals surface area contributed by atoms with E-state index in [0.29, 0.717) is 11.5 Å². The molecule has 0 spiro atoms. The molecule has 0 atom stereocenters. The first-order valence-corrected chi connectivity index (χ1v) is 6.36. The van der Waals surface area contributed by atoms with E-state index >= 15 is 0 Å². The summed E-state index contributed by atoms with van der Waals surface area (Å²) >= 11 is 0. The van der Waals surface area contributed by atoms with E-state index in [-0.39, 0.29) is 0 Å². The van der Waals surface area contributed by atoms with Crippen LogP contribution in [0.5, 0.6) is 0 Å². The molecule has 0 unspecified atom stereocenters. The maximum absolute atomic E-state index is 11.1. The van der Waals surface area contributed by atoms with E-state index in [9.17, 15) is 4.79 Å². The lowest BCUT2D eigenvalue weighted by Gasteiger charge is -2.11. The number of hydrogen-bond acceptors (Lipinski definition) is 2. The molecule has 1 aromatic carbocycles. The van der Waals surface area contributed by atoms with Crippen molar-refractivity contribution >= 4 is 5.91 Å². The molecule has 0 radical (unpaired) electrons. The minimum Gasteiger partial charge on any atom is -0.366 e. The molecular weight excluding hydrogens is 236 g/mol. The number of pyridine rings is 1.